The molecule has 1 amide bonds. The molecule has 1 aromatic carbocycles. The van der Waals surface area contributed by atoms with Gasteiger partial charge in [-0.15, -0.1) is 0 Å². The molecule has 134 valence electrons. The first-order valence-electron chi connectivity index (χ1n) is 8.37. The van der Waals surface area contributed by atoms with Gasteiger partial charge in [0.05, 0.1) is 5.60 Å². The molecule has 0 radical (unpaired) electrons. The highest BCUT2D eigenvalue weighted by Crippen LogP contribution is 2.27. The molecule has 0 saturated heterocycles. The Kier molecular flexibility index (Phi) is 5.56. The summed E-state index contributed by atoms with van der Waals surface area (Å²) in [6.07, 6.45) is 4.60. The molecule has 25 heavy (non-hydrogen) atoms. The first-order chi connectivity index (χ1) is 12.0. The van der Waals surface area contributed by atoms with Crippen LogP contribution in [0, 0.1) is 4.77 Å². The molecule has 1 aliphatic carbocycles. The lowest BCUT2D eigenvalue weighted by Gasteiger charge is -2.32. The standard InChI is InChI=1S/C17H21ClN4O2S/c18-13-6-4-12(5-7-13)15-20-21-16(25)22(15)10-14(23)19-11-17(24)8-2-1-3-9-17/h4-7,24H,1-3,8-11H2,(H,19,23)(H,21,25). The molecule has 1 fully saturated rings. The summed E-state index contributed by atoms with van der Waals surface area (Å²) in [5, 5.41) is 20.9. The van der Waals surface area contributed by atoms with Gasteiger partial charge in [-0.3, -0.25) is 14.5 Å². The summed E-state index contributed by atoms with van der Waals surface area (Å²) >= 11 is 11.2. The summed E-state index contributed by atoms with van der Waals surface area (Å²) in [5.74, 6) is 0.375. The molecular formula is C17H21ClN4O2S. The SMILES string of the molecule is O=C(Cn1c(-c2ccc(Cl)cc2)n[nH]c1=S)NCC1(O)CCCCC1. The summed E-state index contributed by atoms with van der Waals surface area (Å²) in [7, 11) is 0. The molecule has 1 saturated carbocycles. The second-order valence-electron chi connectivity index (χ2n) is 6.51. The number of nitrogens with one attached hydrogen (secondary N) is 2. The van der Waals surface area contributed by atoms with Gasteiger partial charge >= 0.3 is 0 Å². The zero-order valence-electron chi connectivity index (χ0n) is 13.8. The van der Waals surface area contributed by atoms with Gasteiger partial charge in [-0.25, -0.2) is 0 Å². The highest BCUT2D eigenvalue weighted by Gasteiger charge is 2.29. The van der Waals surface area contributed by atoms with Crippen molar-refractivity contribution < 1.29 is 9.90 Å². The Bertz CT molecular complexity index is 794. The average molecular weight is 381 g/mol. The quantitative estimate of drug-likeness (QED) is 0.696. The van der Waals surface area contributed by atoms with Crippen LogP contribution in [0.3, 0.4) is 0 Å². The zero-order chi connectivity index (χ0) is 17.9. The summed E-state index contributed by atoms with van der Waals surface area (Å²) in [5.41, 5.74) is 0.0283. The first-order valence-corrected chi connectivity index (χ1v) is 9.16. The summed E-state index contributed by atoms with van der Waals surface area (Å²) < 4.78 is 2.01. The third kappa shape index (κ3) is 4.48. The Morgan fingerprint density at radius 3 is 2.68 bits per heavy atom. The molecule has 3 rings (SSSR count). The van der Waals surface area contributed by atoms with Crippen molar-refractivity contribution in [3.8, 4) is 11.4 Å². The van der Waals surface area contributed by atoms with Gasteiger partial charge in [0.25, 0.3) is 0 Å². The smallest absolute Gasteiger partial charge is 0.240 e. The number of hydrogen-bond acceptors (Lipinski definition) is 4. The van der Waals surface area contributed by atoms with E-state index < -0.39 is 5.60 Å². The van der Waals surface area contributed by atoms with E-state index in [1.165, 1.54) is 0 Å². The van der Waals surface area contributed by atoms with Crippen LogP contribution in [0.2, 0.25) is 5.02 Å². The molecule has 1 heterocycles. The second-order valence-corrected chi connectivity index (χ2v) is 7.33. The summed E-state index contributed by atoms with van der Waals surface area (Å²) in [4.78, 5) is 12.3. The number of amides is 1. The predicted octanol–water partition coefficient (Wildman–Crippen LogP) is 3.07. The maximum Gasteiger partial charge on any atom is 0.240 e. The van der Waals surface area contributed by atoms with Gasteiger partial charge in [-0.05, 0) is 49.3 Å². The number of benzene rings is 1. The minimum absolute atomic E-state index is 0.0450. The van der Waals surface area contributed by atoms with Gasteiger partial charge in [0, 0.05) is 17.1 Å². The largest absolute Gasteiger partial charge is 0.388 e. The Balaban J connectivity index is 1.68. The fourth-order valence-corrected chi connectivity index (χ4v) is 3.46. The highest BCUT2D eigenvalue weighted by atomic mass is 35.5. The van der Waals surface area contributed by atoms with E-state index in [1.807, 2.05) is 12.1 Å². The van der Waals surface area contributed by atoms with Crippen LogP contribution >= 0.6 is 23.8 Å². The van der Waals surface area contributed by atoms with E-state index in [4.69, 9.17) is 23.8 Å². The topological polar surface area (TPSA) is 82.9 Å². The molecule has 0 bridgehead atoms. The lowest BCUT2D eigenvalue weighted by molar-refractivity contribution is -0.123. The van der Waals surface area contributed by atoms with Gasteiger partial charge in [0.1, 0.15) is 6.54 Å². The molecule has 0 spiro atoms. The number of aliphatic hydroxyl groups is 1. The molecule has 1 aromatic heterocycles. The minimum Gasteiger partial charge on any atom is -0.388 e. The van der Waals surface area contributed by atoms with Gasteiger partial charge < -0.3 is 10.4 Å². The third-order valence-corrected chi connectivity index (χ3v) is 5.12. The van der Waals surface area contributed by atoms with E-state index in [0.717, 1.165) is 37.7 Å². The van der Waals surface area contributed by atoms with E-state index >= 15 is 0 Å². The van der Waals surface area contributed by atoms with Crippen LogP contribution in [0.25, 0.3) is 11.4 Å². The first kappa shape index (κ1) is 18.1. The summed E-state index contributed by atoms with van der Waals surface area (Å²) in [6.45, 7) is 0.316. The molecule has 0 atom stereocenters. The van der Waals surface area contributed by atoms with Crippen molar-refractivity contribution in [1.29, 1.82) is 0 Å². The van der Waals surface area contributed by atoms with Gasteiger partial charge in [0.15, 0.2) is 10.6 Å². The van der Waals surface area contributed by atoms with E-state index in [0.29, 0.717) is 15.6 Å². The van der Waals surface area contributed by atoms with E-state index in [9.17, 15) is 9.90 Å². The Morgan fingerprint density at radius 2 is 2.00 bits per heavy atom. The number of aromatic amines is 1. The van der Waals surface area contributed by atoms with Crippen molar-refractivity contribution >= 4 is 29.7 Å². The van der Waals surface area contributed by atoms with Crippen LogP contribution in [0.15, 0.2) is 24.3 Å². The number of aromatic nitrogens is 3. The Labute approximate surface area is 156 Å². The van der Waals surface area contributed by atoms with Crippen LogP contribution in [-0.2, 0) is 11.3 Å². The van der Waals surface area contributed by atoms with E-state index in [2.05, 4.69) is 15.5 Å². The monoisotopic (exact) mass is 380 g/mol. The average Bonchev–Trinajstić information content (AvgIpc) is 2.95. The Morgan fingerprint density at radius 1 is 1.32 bits per heavy atom. The van der Waals surface area contributed by atoms with Gasteiger partial charge in [-0.2, -0.15) is 5.10 Å². The van der Waals surface area contributed by atoms with Crippen LogP contribution in [0.5, 0.6) is 0 Å². The lowest BCUT2D eigenvalue weighted by Crippen LogP contribution is -2.45. The number of hydrogen-bond donors (Lipinski definition) is 3. The molecule has 8 heteroatoms. The molecular weight excluding hydrogens is 360 g/mol. The number of carbonyl (C=O) groups excluding carboxylic acids is 1. The van der Waals surface area contributed by atoms with Gasteiger partial charge in [0.2, 0.25) is 5.91 Å². The number of nitrogens with zero attached hydrogens (tertiary/aromatic N) is 2. The molecule has 6 nitrogen and oxygen atoms in total. The number of rotatable bonds is 5. The molecule has 3 N–H and O–H groups in total. The Hall–Kier alpha value is -1.70. The van der Waals surface area contributed by atoms with Crippen molar-refractivity contribution in [3.63, 3.8) is 0 Å². The third-order valence-electron chi connectivity index (χ3n) is 4.56. The van der Waals surface area contributed by atoms with Crippen molar-refractivity contribution in [1.82, 2.24) is 20.1 Å². The number of carbonyl (C=O) groups is 1. The second kappa shape index (κ2) is 7.68. The zero-order valence-corrected chi connectivity index (χ0v) is 15.4. The van der Waals surface area contributed by atoms with E-state index in [-0.39, 0.29) is 19.0 Å². The maximum atomic E-state index is 12.3. The van der Waals surface area contributed by atoms with Crippen molar-refractivity contribution in [3.05, 3.63) is 34.1 Å². The van der Waals surface area contributed by atoms with Crippen molar-refractivity contribution in [2.24, 2.45) is 0 Å². The van der Waals surface area contributed by atoms with Crippen LogP contribution in [0.4, 0.5) is 0 Å². The number of H-pyrrole nitrogens is 1. The fraction of sp³-hybridized carbons (Fsp3) is 0.471. The summed E-state index contributed by atoms with van der Waals surface area (Å²) in [6, 6.07) is 7.17. The molecule has 0 aliphatic heterocycles. The van der Waals surface area contributed by atoms with Crippen LogP contribution in [-0.4, -0.2) is 37.9 Å². The highest BCUT2D eigenvalue weighted by molar-refractivity contribution is 7.71. The fourth-order valence-electron chi connectivity index (χ4n) is 3.13. The molecule has 0 unspecified atom stereocenters. The van der Waals surface area contributed by atoms with E-state index in [1.54, 1.807) is 16.7 Å². The van der Waals surface area contributed by atoms with Gasteiger partial charge in [-0.1, -0.05) is 30.9 Å². The minimum atomic E-state index is -0.787. The number of halogens is 1. The molecule has 1 aliphatic rings. The van der Waals surface area contributed by atoms with Crippen molar-refractivity contribution in [2.45, 2.75) is 44.2 Å². The van der Waals surface area contributed by atoms with Crippen LogP contribution < -0.4 is 5.32 Å². The maximum absolute atomic E-state index is 12.3. The van der Waals surface area contributed by atoms with Crippen molar-refractivity contribution in [2.75, 3.05) is 6.54 Å². The lowest BCUT2D eigenvalue weighted by atomic mass is 9.85. The molecule has 2 aromatic rings. The normalized spacial score (nSPS) is 16.6. The van der Waals surface area contributed by atoms with Crippen LogP contribution in [0.1, 0.15) is 32.1 Å². The predicted molar refractivity (Wildman–Crippen MR) is 98.9 cm³/mol.